The Kier molecular flexibility index (Phi) is 13.8. The van der Waals surface area contributed by atoms with Gasteiger partial charge in [0.2, 0.25) is 0 Å². The van der Waals surface area contributed by atoms with E-state index in [4.69, 9.17) is 4.74 Å². The number of methoxy groups -OCH3 is 1. The summed E-state index contributed by atoms with van der Waals surface area (Å²) in [5, 5.41) is 15.0. The van der Waals surface area contributed by atoms with Crippen molar-refractivity contribution in [1.82, 2.24) is 25.4 Å². The number of nitrogens with zero attached hydrogens (tertiary/aromatic N) is 4. The highest BCUT2D eigenvalue weighted by molar-refractivity contribution is 14.0. The van der Waals surface area contributed by atoms with E-state index >= 15 is 0 Å². The molecule has 2 N–H and O–H groups in total. The molecule has 146 valence electrons. The van der Waals surface area contributed by atoms with Crippen LogP contribution in [0.2, 0.25) is 0 Å². The average molecular weight is 466 g/mol. The van der Waals surface area contributed by atoms with Crippen molar-refractivity contribution in [3.8, 4) is 0 Å². The van der Waals surface area contributed by atoms with Crippen molar-refractivity contribution >= 4 is 29.9 Å². The number of aromatic nitrogens is 3. The monoisotopic (exact) mass is 466 g/mol. The summed E-state index contributed by atoms with van der Waals surface area (Å²) in [6.45, 7) is 9.25. The Morgan fingerprint density at radius 1 is 1.28 bits per heavy atom. The van der Waals surface area contributed by atoms with Gasteiger partial charge in [-0.25, -0.2) is 4.99 Å². The van der Waals surface area contributed by atoms with E-state index in [0.29, 0.717) is 19.1 Å². The maximum atomic E-state index is 5.11. The Bertz CT molecular complexity index is 491. The number of hydrogen-bond acceptors (Lipinski definition) is 4. The highest BCUT2D eigenvalue weighted by Crippen LogP contribution is 2.11. The molecule has 0 saturated carbocycles. The van der Waals surface area contributed by atoms with Crippen LogP contribution >= 0.6 is 24.0 Å². The van der Waals surface area contributed by atoms with Crippen LogP contribution < -0.4 is 10.6 Å². The van der Waals surface area contributed by atoms with Gasteiger partial charge in [0.1, 0.15) is 12.4 Å². The van der Waals surface area contributed by atoms with E-state index in [1.54, 1.807) is 7.11 Å². The van der Waals surface area contributed by atoms with Crippen LogP contribution in [0.4, 0.5) is 0 Å². The third-order valence-electron chi connectivity index (χ3n) is 4.26. The zero-order chi connectivity index (χ0) is 17.8. The molecule has 1 atom stereocenters. The van der Waals surface area contributed by atoms with Crippen LogP contribution in [0.15, 0.2) is 4.99 Å². The summed E-state index contributed by atoms with van der Waals surface area (Å²) in [6, 6.07) is 0. The van der Waals surface area contributed by atoms with Gasteiger partial charge in [-0.1, -0.05) is 33.1 Å². The topological polar surface area (TPSA) is 76.4 Å². The summed E-state index contributed by atoms with van der Waals surface area (Å²) >= 11 is 0. The zero-order valence-electron chi connectivity index (χ0n) is 16.3. The fourth-order valence-electron chi connectivity index (χ4n) is 2.37. The first-order chi connectivity index (χ1) is 11.6. The molecule has 1 aromatic rings. The van der Waals surface area contributed by atoms with Gasteiger partial charge in [0, 0.05) is 27.2 Å². The number of ether oxygens (including phenoxy) is 1. The van der Waals surface area contributed by atoms with Crippen molar-refractivity contribution < 1.29 is 4.74 Å². The van der Waals surface area contributed by atoms with Gasteiger partial charge >= 0.3 is 0 Å². The van der Waals surface area contributed by atoms with Crippen LogP contribution in [0, 0.1) is 12.8 Å². The Morgan fingerprint density at radius 2 is 2.04 bits per heavy atom. The number of guanidine groups is 1. The lowest BCUT2D eigenvalue weighted by atomic mass is 9.99. The SMILES string of the molecule is CCCCC(CC)CNC(=NCc1nnc(C)n1C)NCCOC.I. The predicted octanol–water partition coefficient (Wildman–Crippen LogP) is 2.64. The van der Waals surface area contributed by atoms with Crippen molar-refractivity contribution in [3.63, 3.8) is 0 Å². The summed E-state index contributed by atoms with van der Waals surface area (Å²) in [6.07, 6.45) is 4.96. The molecular weight excluding hydrogens is 431 g/mol. The molecule has 8 heteroatoms. The maximum absolute atomic E-state index is 5.11. The lowest BCUT2D eigenvalue weighted by molar-refractivity contribution is 0.203. The second-order valence-electron chi connectivity index (χ2n) is 6.10. The van der Waals surface area contributed by atoms with Crippen molar-refractivity contribution in [2.75, 3.05) is 26.8 Å². The van der Waals surface area contributed by atoms with Gasteiger partial charge in [0.05, 0.1) is 6.61 Å². The number of aliphatic imine (C=N–C) groups is 1. The number of halogens is 1. The fourth-order valence-corrected chi connectivity index (χ4v) is 2.37. The molecule has 0 saturated heterocycles. The Labute approximate surface area is 169 Å². The largest absolute Gasteiger partial charge is 0.383 e. The summed E-state index contributed by atoms with van der Waals surface area (Å²) in [5.41, 5.74) is 0. The van der Waals surface area contributed by atoms with Gasteiger partial charge in [-0.05, 0) is 19.3 Å². The predicted molar refractivity (Wildman–Crippen MR) is 113 cm³/mol. The van der Waals surface area contributed by atoms with Gasteiger partial charge in [0.25, 0.3) is 0 Å². The van der Waals surface area contributed by atoms with Gasteiger partial charge in [-0.3, -0.25) is 0 Å². The molecule has 0 aliphatic carbocycles. The van der Waals surface area contributed by atoms with Crippen LogP contribution in [0.5, 0.6) is 0 Å². The van der Waals surface area contributed by atoms with E-state index in [-0.39, 0.29) is 24.0 Å². The molecule has 1 aromatic heterocycles. The fraction of sp³-hybridized carbons (Fsp3) is 0.824. The first-order valence-electron chi connectivity index (χ1n) is 8.98. The molecule has 0 aromatic carbocycles. The molecule has 0 radical (unpaired) electrons. The Balaban J connectivity index is 0.00000576. The first kappa shape index (κ1) is 24.1. The second kappa shape index (κ2) is 14.3. The lowest BCUT2D eigenvalue weighted by Gasteiger charge is -2.18. The van der Waals surface area contributed by atoms with Crippen LogP contribution in [-0.2, 0) is 18.3 Å². The maximum Gasteiger partial charge on any atom is 0.191 e. The van der Waals surface area contributed by atoms with E-state index in [0.717, 1.165) is 30.7 Å². The van der Waals surface area contributed by atoms with E-state index in [9.17, 15) is 0 Å². The number of aryl methyl sites for hydroxylation is 1. The van der Waals surface area contributed by atoms with Crippen LogP contribution in [0.1, 0.15) is 51.2 Å². The molecule has 1 rings (SSSR count). The number of nitrogens with one attached hydrogen (secondary N) is 2. The van der Waals surface area contributed by atoms with E-state index < -0.39 is 0 Å². The molecular formula is C17H35IN6O. The van der Waals surface area contributed by atoms with Crippen LogP contribution in [0.25, 0.3) is 0 Å². The standard InChI is InChI=1S/C17H34N6O.HI/c1-6-8-9-15(7-2)12-19-17(18-10-11-24-5)20-13-16-22-21-14(3)23(16)4;/h15H,6-13H2,1-5H3,(H2,18,19,20);1H. The molecule has 25 heavy (non-hydrogen) atoms. The van der Waals surface area contributed by atoms with Crippen molar-refractivity contribution in [3.05, 3.63) is 11.6 Å². The summed E-state index contributed by atoms with van der Waals surface area (Å²) in [4.78, 5) is 4.64. The number of rotatable bonds is 11. The average Bonchev–Trinajstić information content (AvgIpc) is 2.91. The molecule has 0 fully saturated rings. The van der Waals surface area contributed by atoms with E-state index in [2.05, 4.69) is 39.7 Å². The van der Waals surface area contributed by atoms with Gasteiger partial charge < -0.3 is 19.9 Å². The van der Waals surface area contributed by atoms with Crippen LogP contribution in [0.3, 0.4) is 0 Å². The van der Waals surface area contributed by atoms with Gasteiger partial charge in [-0.2, -0.15) is 0 Å². The number of unbranched alkanes of at least 4 members (excludes halogenated alkanes) is 1. The number of hydrogen-bond donors (Lipinski definition) is 2. The van der Waals surface area contributed by atoms with Crippen molar-refractivity contribution in [1.29, 1.82) is 0 Å². The van der Waals surface area contributed by atoms with E-state index in [1.165, 1.54) is 25.7 Å². The molecule has 0 aliphatic rings. The second-order valence-corrected chi connectivity index (χ2v) is 6.10. The van der Waals surface area contributed by atoms with Crippen LogP contribution in [-0.4, -0.2) is 47.5 Å². The molecule has 0 aliphatic heterocycles. The van der Waals surface area contributed by atoms with E-state index in [1.807, 2.05) is 18.5 Å². The minimum Gasteiger partial charge on any atom is -0.383 e. The molecule has 0 amide bonds. The quantitative estimate of drug-likeness (QED) is 0.227. The summed E-state index contributed by atoms with van der Waals surface area (Å²) < 4.78 is 7.07. The van der Waals surface area contributed by atoms with Gasteiger partial charge in [0.15, 0.2) is 11.8 Å². The zero-order valence-corrected chi connectivity index (χ0v) is 18.7. The summed E-state index contributed by atoms with van der Waals surface area (Å²) in [5.74, 6) is 3.24. The minimum atomic E-state index is 0. The highest BCUT2D eigenvalue weighted by Gasteiger charge is 2.08. The lowest BCUT2D eigenvalue weighted by Crippen LogP contribution is -2.41. The van der Waals surface area contributed by atoms with Crippen molar-refractivity contribution in [2.45, 2.75) is 53.0 Å². The van der Waals surface area contributed by atoms with Crippen molar-refractivity contribution in [2.24, 2.45) is 18.0 Å². The normalized spacial score (nSPS) is 12.6. The molecule has 0 bridgehead atoms. The smallest absolute Gasteiger partial charge is 0.191 e. The first-order valence-corrected chi connectivity index (χ1v) is 8.98. The molecule has 1 unspecified atom stereocenters. The summed E-state index contributed by atoms with van der Waals surface area (Å²) in [7, 11) is 3.66. The molecule has 7 nitrogen and oxygen atoms in total. The third-order valence-corrected chi connectivity index (χ3v) is 4.26. The minimum absolute atomic E-state index is 0. The Morgan fingerprint density at radius 3 is 2.60 bits per heavy atom. The molecule has 1 heterocycles. The highest BCUT2D eigenvalue weighted by atomic mass is 127. The van der Waals surface area contributed by atoms with Gasteiger partial charge in [-0.15, -0.1) is 34.2 Å². The molecule has 0 spiro atoms. The Hall–Kier alpha value is -0.900. The third kappa shape index (κ3) is 9.39.